The zero-order valence-corrected chi connectivity index (χ0v) is 13.7. The molecule has 23 heavy (non-hydrogen) atoms. The van der Waals surface area contributed by atoms with E-state index in [1.54, 1.807) is 12.0 Å². The van der Waals surface area contributed by atoms with Gasteiger partial charge in [-0.25, -0.2) is 4.98 Å². The Bertz CT molecular complexity index is 634. The average molecular weight is 311 g/mol. The van der Waals surface area contributed by atoms with Gasteiger partial charge in [0.1, 0.15) is 31.9 Å². The highest BCUT2D eigenvalue weighted by Crippen LogP contribution is 2.18. The van der Waals surface area contributed by atoms with E-state index >= 15 is 0 Å². The first kappa shape index (κ1) is 15.6. The minimum absolute atomic E-state index is 0.934. The fourth-order valence-electron chi connectivity index (χ4n) is 3.01. The summed E-state index contributed by atoms with van der Waals surface area (Å²) >= 11 is 0. The van der Waals surface area contributed by atoms with Crippen LogP contribution in [0.2, 0.25) is 0 Å². The van der Waals surface area contributed by atoms with Crippen LogP contribution in [-0.2, 0) is 0 Å². The van der Waals surface area contributed by atoms with E-state index in [2.05, 4.69) is 40.2 Å². The number of benzene rings is 1. The van der Waals surface area contributed by atoms with Crippen molar-refractivity contribution in [3.05, 3.63) is 60.3 Å². The molecule has 1 saturated heterocycles. The zero-order valence-electron chi connectivity index (χ0n) is 13.7. The summed E-state index contributed by atoms with van der Waals surface area (Å²) in [5, 5.41) is 0. The number of hydrogen-bond donors (Lipinski definition) is 1. The number of rotatable bonds is 5. The molecule has 2 aromatic rings. The lowest BCUT2D eigenvalue weighted by atomic mass is 10.2. The minimum atomic E-state index is 0.934. The lowest BCUT2D eigenvalue weighted by molar-refractivity contribution is -0.894. The van der Waals surface area contributed by atoms with Crippen molar-refractivity contribution < 1.29 is 14.6 Å². The Balaban J connectivity index is 1.50. The summed E-state index contributed by atoms with van der Waals surface area (Å²) < 4.78 is 5.38. The van der Waals surface area contributed by atoms with Gasteiger partial charge in [-0.1, -0.05) is 24.3 Å². The van der Waals surface area contributed by atoms with Gasteiger partial charge >= 0.3 is 0 Å². The van der Waals surface area contributed by atoms with Crippen LogP contribution in [0.1, 0.15) is 5.56 Å². The number of aromatic amines is 1. The number of quaternary nitrogens is 1. The smallest absolute Gasteiger partial charge is 0.274 e. The molecule has 1 fully saturated rings. The number of aromatic nitrogens is 1. The zero-order chi connectivity index (χ0) is 15.9. The summed E-state index contributed by atoms with van der Waals surface area (Å²) in [6, 6.07) is 14.4. The third-order valence-electron chi connectivity index (χ3n) is 4.35. The summed E-state index contributed by atoms with van der Waals surface area (Å²) in [6.07, 6.45) is 6.42. The lowest BCUT2D eigenvalue weighted by Crippen LogP contribution is -3.14. The molecule has 0 spiro atoms. The van der Waals surface area contributed by atoms with Gasteiger partial charge < -0.3 is 9.64 Å². The third-order valence-corrected chi connectivity index (χ3v) is 4.35. The van der Waals surface area contributed by atoms with E-state index < -0.39 is 0 Å². The highest BCUT2D eigenvalue weighted by molar-refractivity contribution is 5.57. The molecule has 2 heterocycles. The molecule has 0 saturated carbocycles. The van der Waals surface area contributed by atoms with Gasteiger partial charge in [-0.2, -0.15) is 0 Å². The van der Waals surface area contributed by atoms with Crippen LogP contribution in [0, 0.1) is 0 Å². The van der Waals surface area contributed by atoms with Crippen molar-refractivity contribution in [1.29, 1.82) is 0 Å². The van der Waals surface area contributed by atoms with E-state index in [1.165, 1.54) is 18.9 Å². The predicted molar refractivity (Wildman–Crippen MR) is 92.8 cm³/mol. The molecule has 2 N–H and O–H groups in total. The molecular weight excluding hydrogens is 286 g/mol. The molecule has 1 aromatic carbocycles. The van der Waals surface area contributed by atoms with Gasteiger partial charge in [-0.3, -0.25) is 4.90 Å². The number of anilines is 1. The Labute approximate surface area is 138 Å². The number of para-hydroxylation sites is 1. The molecule has 0 atom stereocenters. The van der Waals surface area contributed by atoms with Crippen LogP contribution >= 0.6 is 0 Å². The molecular formula is C19H25N3O+2. The van der Waals surface area contributed by atoms with E-state index in [-0.39, 0.29) is 0 Å². The van der Waals surface area contributed by atoms with Crippen molar-refractivity contribution in [3.8, 4) is 5.75 Å². The van der Waals surface area contributed by atoms with Gasteiger partial charge in [0.25, 0.3) is 5.82 Å². The maximum atomic E-state index is 5.38. The SMILES string of the molecule is COc1ccccc1/C=C/C[NH+]1CCN(c2cccc[nH+]2)CC1. The Morgan fingerprint density at radius 3 is 2.65 bits per heavy atom. The topological polar surface area (TPSA) is 31.1 Å². The summed E-state index contributed by atoms with van der Waals surface area (Å²) in [6.45, 7) is 5.58. The van der Waals surface area contributed by atoms with Gasteiger partial charge in [-0.15, -0.1) is 0 Å². The molecule has 3 rings (SSSR count). The van der Waals surface area contributed by atoms with Crippen LogP contribution < -0.4 is 19.5 Å². The van der Waals surface area contributed by atoms with Gasteiger partial charge in [0, 0.05) is 11.6 Å². The van der Waals surface area contributed by atoms with Crippen LogP contribution in [0.5, 0.6) is 5.75 Å². The fourth-order valence-corrected chi connectivity index (χ4v) is 3.01. The standard InChI is InChI=1S/C19H23N3O/c1-23-18-9-3-2-7-17(18)8-6-12-21-13-15-22(16-14-21)19-10-4-5-11-20-19/h2-11H,12-16H2,1H3/p+2/b8-6+. The average Bonchev–Trinajstić information content (AvgIpc) is 2.63. The molecule has 4 heteroatoms. The molecule has 120 valence electrons. The largest absolute Gasteiger partial charge is 0.496 e. The highest BCUT2D eigenvalue weighted by Gasteiger charge is 2.24. The lowest BCUT2D eigenvalue weighted by Gasteiger charge is -2.27. The third kappa shape index (κ3) is 4.11. The van der Waals surface area contributed by atoms with Crippen LogP contribution in [-0.4, -0.2) is 39.8 Å². The van der Waals surface area contributed by atoms with Gasteiger partial charge in [0.2, 0.25) is 0 Å². The van der Waals surface area contributed by atoms with E-state index in [0.717, 1.165) is 30.9 Å². The van der Waals surface area contributed by atoms with E-state index in [9.17, 15) is 0 Å². The molecule has 1 aromatic heterocycles. The Hall–Kier alpha value is -2.33. The van der Waals surface area contributed by atoms with E-state index in [1.807, 2.05) is 30.5 Å². The molecule has 0 aliphatic carbocycles. The van der Waals surface area contributed by atoms with Gasteiger partial charge in [0.05, 0.1) is 19.9 Å². The van der Waals surface area contributed by atoms with Gasteiger partial charge in [0.15, 0.2) is 0 Å². The van der Waals surface area contributed by atoms with Crippen molar-refractivity contribution in [2.75, 3.05) is 44.7 Å². The second kappa shape index (κ2) is 7.79. The minimum Gasteiger partial charge on any atom is -0.496 e. The Kier molecular flexibility index (Phi) is 5.27. The maximum Gasteiger partial charge on any atom is 0.274 e. The molecule has 1 aliphatic rings. The Morgan fingerprint density at radius 1 is 1.13 bits per heavy atom. The molecule has 0 bridgehead atoms. The summed E-state index contributed by atoms with van der Waals surface area (Å²) in [7, 11) is 1.72. The van der Waals surface area contributed by atoms with Crippen molar-refractivity contribution in [1.82, 2.24) is 0 Å². The first-order valence-corrected chi connectivity index (χ1v) is 8.21. The first-order chi connectivity index (χ1) is 11.4. The van der Waals surface area contributed by atoms with Crippen molar-refractivity contribution in [3.63, 3.8) is 0 Å². The number of H-pyrrole nitrogens is 1. The second-order valence-corrected chi connectivity index (χ2v) is 5.83. The molecule has 0 amide bonds. The van der Waals surface area contributed by atoms with Crippen LogP contribution in [0.4, 0.5) is 5.82 Å². The maximum absolute atomic E-state index is 5.38. The predicted octanol–water partition coefficient (Wildman–Crippen LogP) is 0.928. The molecule has 1 aliphatic heterocycles. The quantitative estimate of drug-likeness (QED) is 0.890. The van der Waals surface area contributed by atoms with Crippen LogP contribution in [0.25, 0.3) is 6.08 Å². The number of pyridine rings is 1. The Morgan fingerprint density at radius 2 is 1.91 bits per heavy atom. The summed E-state index contributed by atoms with van der Waals surface area (Å²) in [4.78, 5) is 7.37. The molecule has 0 unspecified atom stereocenters. The van der Waals surface area contributed by atoms with Crippen molar-refractivity contribution >= 4 is 11.9 Å². The van der Waals surface area contributed by atoms with E-state index in [0.29, 0.717) is 0 Å². The number of piperazine rings is 1. The normalized spacial score (nSPS) is 16.0. The number of ether oxygens (including phenoxy) is 1. The van der Waals surface area contributed by atoms with Crippen LogP contribution in [0.3, 0.4) is 0 Å². The second-order valence-electron chi connectivity index (χ2n) is 5.83. The van der Waals surface area contributed by atoms with Crippen molar-refractivity contribution in [2.45, 2.75) is 0 Å². The van der Waals surface area contributed by atoms with Crippen molar-refractivity contribution in [2.24, 2.45) is 0 Å². The highest BCUT2D eigenvalue weighted by atomic mass is 16.5. The fraction of sp³-hybridized carbons (Fsp3) is 0.316. The number of nitrogens with zero attached hydrogens (tertiary/aromatic N) is 1. The summed E-state index contributed by atoms with van der Waals surface area (Å²) in [5.41, 5.74) is 1.15. The summed E-state index contributed by atoms with van der Waals surface area (Å²) in [5.74, 6) is 2.15. The number of methoxy groups -OCH3 is 1. The number of nitrogens with one attached hydrogen (secondary N) is 2. The molecule has 4 nitrogen and oxygen atoms in total. The molecule has 0 radical (unpaired) electrons. The monoisotopic (exact) mass is 311 g/mol. The van der Waals surface area contributed by atoms with Gasteiger partial charge in [-0.05, 0) is 24.3 Å². The number of hydrogen-bond acceptors (Lipinski definition) is 2. The van der Waals surface area contributed by atoms with Crippen LogP contribution in [0.15, 0.2) is 54.7 Å². The van der Waals surface area contributed by atoms with E-state index in [4.69, 9.17) is 4.74 Å². The first-order valence-electron chi connectivity index (χ1n) is 8.21.